The molecule has 6 nitrogen and oxygen atoms in total. The molecular formula is C17H17Cl2N3O3. The monoisotopic (exact) mass is 381 g/mol. The highest BCUT2D eigenvalue weighted by Crippen LogP contribution is 2.34. The molecule has 0 saturated carbocycles. The molecule has 0 radical (unpaired) electrons. The van der Waals surface area contributed by atoms with Gasteiger partial charge in [-0.3, -0.25) is 5.32 Å². The zero-order valence-electron chi connectivity index (χ0n) is 14.2. The molecule has 1 N–H and O–H groups in total. The van der Waals surface area contributed by atoms with Gasteiger partial charge in [0.05, 0.1) is 10.7 Å². The van der Waals surface area contributed by atoms with Gasteiger partial charge in [-0.1, -0.05) is 23.2 Å². The number of carbonyl (C=O) groups excluding carboxylic acids is 1. The fourth-order valence-electron chi connectivity index (χ4n) is 2.36. The molecule has 1 aromatic carbocycles. The van der Waals surface area contributed by atoms with E-state index in [0.29, 0.717) is 32.8 Å². The van der Waals surface area contributed by atoms with Gasteiger partial charge in [-0.05, 0) is 45.9 Å². The molecule has 8 heteroatoms. The SMILES string of the molecule is Cc1nn2c(-c3ccc(Cl)cc3Cl)coc2c1NC(=O)OC(C)(C)C. The van der Waals surface area contributed by atoms with Gasteiger partial charge in [0.15, 0.2) is 0 Å². The third-order valence-electron chi connectivity index (χ3n) is 3.36. The number of aromatic nitrogens is 2. The number of anilines is 1. The molecule has 3 aromatic rings. The molecule has 0 aliphatic heterocycles. The summed E-state index contributed by atoms with van der Waals surface area (Å²) in [6.07, 6.45) is 0.949. The van der Waals surface area contributed by atoms with Crippen LogP contribution in [0, 0.1) is 6.92 Å². The van der Waals surface area contributed by atoms with E-state index in [0.717, 1.165) is 5.56 Å². The van der Waals surface area contributed by atoms with Crippen molar-refractivity contribution in [3.63, 3.8) is 0 Å². The van der Waals surface area contributed by atoms with E-state index in [1.54, 1.807) is 50.4 Å². The molecule has 0 aliphatic carbocycles. The molecule has 1 amide bonds. The number of carbonyl (C=O) groups is 1. The van der Waals surface area contributed by atoms with Crippen LogP contribution in [0.25, 0.3) is 17.0 Å². The maximum absolute atomic E-state index is 12.0. The molecule has 2 heterocycles. The summed E-state index contributed by atoms with van der Waals surface area (Å²) in [4.78, 5) is 12.0. The van der Waals surface area contributed by atoms with Crippen molar-refractivity contribution in [2.45, 2.75) is 33.3 Å². The maximum Gasteiger partial charge on any atom is 0.412 e. The molecule has 3 rings (SSSR count). The Hall–Kier alpha value is -2.18. The Bertz CT molecular complexity index is 954. The number of nitrogens with zero attached hydrogens (tertiary/aromatic N) is 2. The first-order valence-electron chi connectivity index (χ1n) is 7.58. The Kier molecular flexibility index (Phi) is 4.43. The predicted octanol–water partition coefficient (Wildman–Crippen LogP) is 5.56. The number of aryl methyl sites for hydroxylation is 1. The average molecular weight is 382 g/mol. The number of fused-ring (bicyclic) bond motifs is 1. The molecule has 0 unspecified atom stereocenters. The minimum atomic E-state index is -0.602. The average Bonchev–Trinajstić information content (AvgIpc) is 2.98. The Balaban J connectivity index is 2.00. The highest BCUT2D eigenvalue weighted by molar-refractivity contribution is 6.36. The number of halogens is 2. The Labute approximate surface area is 154 Å². The maximum atomic E-state index is 12.0. The lowest BCUT2D eigenvalue weighted by Gasteiger charge is -2.19. The number of amides is 1. The fraction of sp³-hybridized carbons (Fsp3) is 0.294. The largest absolute Gasteiger partial charge is 0.444 e. The Morgan fingerprint density at radius 1 is 1.32 bits per heavy atom. The molecule has 0 atom stereocenters. The zero-order valence-corrected chi connectivity index (χ0v) is 15.7. The molecular weight excluding hydrogens is 365 g/mol. The van der Waals surface area contributed by atoms with Gasteiger partial charge in [0, 0.05) is 10.6 Å². The van der Waals surface area contributed by atoms with Crippen molar-refractivity contribution in [1.29, 1.82) is 0 Å². The first-order valence-corrected chi connectivity index (χ1v) is 8.33. The third-order valence-corrected chi connectivity index (χ3v) is 3.91. The summed E-state index contributed by atoms with van der Waals surface area (Å²) >= 11 is 12.2. The Morgan fingerprint density at radius 2 is 2.04 bits per heavy atom. The number of nitrogens with one attached hydrogen (secondary N) is 1. The van der Waals surface area contributed by atoms with Crippen LogP contribution in [0.2, 0.25) is 10.0 Å². The van der Waals surface area contributed by atoms with E-state index >= 15 is 0 Å². The van der Waals surface area contributed by atoms with Crippen LogP contribution in [0.4, 0.5) is 10.5 Å². The molecule has 25 heavy (non-hydrogen) atoms. The fourth-order valence-corrected chi connectivity index (χ4v) is 2.87. The number of rotatable bonds is 2. The van der Waals surface area contributed by atoms with Crippen molar-refractivity contribution in [2.75, 3.05) is 5.32 Å². The van der Waals surface area contributed by atoms with Crippen molar-refractivity contribution in [3.8, 4) is 11.3 Å². The summed E-state index contributed by atoms with van der Waals surface area (Å²) in [6.45, 7) is 7.14. The molecule has 132 valence electrons. The first-order chi connectivity index (χ1) is 11.7. The summed E-state index contributed by atoms with van der Waals surface area (Å²) in [5.74, 6) is 0. The molecule has 0 fully saturated rings. The van der Waals surface area contributed by atoms with Crippen LogP contribution in [-0.4, -0.2) is 21.3 Å². The van der Waals surface area contributed by atoms with Gasteiger partial charge in [0.2, 0.25) is 5.71 Å². The minimum absolute atomic E-state index is 0.393. The van der Waals surface area contributed by atoms with Crippen LogP contribution in [0.15, 0.2) is 28.9 Å². The third kappa shape index (κ3) is 3.60. The summed E-state index contributed by atoms with van der Waals surface area (Å²) < 4.78 is 12.5. The van der Waals surface area contributed by atoms with Crippen LogP contribution in [0.3, 0.4) is 0 Å². The van der Waals surface area contributed by atoms with Gasteiger partial charge in [0.25, 0.3) is 0 Å². The normalized spacial score (nSPS) is 11.8. The summed E-state index contributed by atoms with van der Waals surface area (Å²) in [6, 6.07) is 5.16. The van der Waals surface area contributed by atoms with Gasteiger partial charge in [-0.25, -0.2) is 4.79 Å². The molecule has 0 saturated heterocycles. The second-order valence-corrected chi connectivity index (χ2v) is 7.39. The number of oxazole rings is 1. The van der Waals surface area contributed by atoms with E-state index in [9.17, 15) is 4.79 Å². The summed E-state index contributed by atoms with van der Waals surface area (Å²) in [5.41, 5.74) is 2.20. The van der Waals surface area contributed by atoms with Gasteiger partial charge in [-0.15, -0.1) is 0 Å². The number of ether oxygens (including phenoxy) is 1. The highest BCUT2D eigenvalue weighted by Gasteiger charge is 2.22. The van der Waals surface area contributed by atoms with Crippen molar-refractivity contribution < 1.29 is 13.9 Å². The molecule has 2 aromatic heterocycles. The van der Waals surface area contributed by atoms with Crippen molar-refractivity contribution in [1.82, 2.24) is 9.61 Å². The minimum Gasteiger partial charge on any atom is -0.444 e. The van der Waals surface area contributed by atoms with Crippen LogP contribution >= 0.6 is 23.2 Å². The second-order valence-electron chi connectivity index (χ2n) is 6.55. The Morgan fingerprint density at radius 3 is 2.68 bits per heavy atom. The quantitative estimate of drug-likeness (QED) is 0.630. The molecule has 0 bridgehead atoms. The van der Waals surface area contributed by atoms with Crippen molar-refractivity contribution >= 4 is 40.7 Å². The van der Waals surface area contributed by atoms with E-state index in [1.165, 1.54) is 6.26 Å². The number of hydrogen-bond donors (Lipinski definition) is 1. The predicted molar refractivity (Wildman–Crippen MR) is 97.5 cm³/mol. The second kappa shape index (κ2) is 6.28. The molecule has 0 aliphatic rings. The van der Waals surface area contributed by atoms with Crippen LogP contribution in [-0.2, 0) is 4.74 Å². The van der Waals surface area contributed by atoms with Gasteiger partial charge in [0.1, 0.15) is 23.2 Å². The van der Waals surface area contributed by atoms with E-state index in [2.05, 4.69) is 10.4 Å². The van der Waals surface area contributed by atoms with Crippen molar-refractivity contribution in [2.24, 2.45) is 0 Å². The number of benzene rings is 1. The van der Waals surface area contributed by atoms with Gasteiger partial charge >= 0.3 is 6.09 Å². The standard InChI is InChI=1S/C17H17Cl2N3O3/c1-9-14(20-16(23)25-17(2,3)4)15-22(21-9)13(8-24-15)11-6-5-10(18)7-12(11)19/h5-8H,1-4H3,(H,20,23). The smallest absolute Gasteiger partial charge is 0.412 e. The summed E-state index contributed by atoms with van der Waals surface area (Å²) in [5, 5.41) is 8.13. The first kappa shape index (κ1) is 17.6. The van der Waals surface area contributed by atoms with Gasteiger partial charge in [-0.2, -0.15) is 9.61 Å². The summed E-state index contributed by atoms with van der Waals surface area (Å²) in [7, 11) is 0. The number of hydrogen-bond acceptors (Lipinski definition) is 4. The van der Waals surface area contributed by atoms with Crippen molar-refractivity contribution in [3.05, 3.63) is 40.2 Å². The van der Waals surface area contributed by atoms with E-state index in [-0.39, 0.29) is 0 Å². The van der Waals surface area contributed by atoms with Crippen LogP contribution in [0.1, 0.15) is 26.5 Å². The lowest BCUT2D eigenvalue weighted by Crippen LogP contribution is -2.27. The van der Waals surface area contributed by atoms with Gasteiger partial charge < -0.3 is 9.15 Å². The highest BCUT2D eigenvalue weighted by atomic mass is 35.5. The molecule has 0 spiro atoms. The van der Waals surface area contributed by atoms with E-state index in [4.69, 9.17) is 32.4 Å². The topological polar surface area (TPSA) is 68.8 Å². The van der Waals surface area contributed by atoms with Crippen LogP contribution < -0.4 is 5.32 Å². The lowest BCUT2D eigenvalue weighted by molar-refractivity contribution is 0.0636. The lowest BCUT2D eigenvalue weighted by atomic mass is 10.2. The zero-order chi connectivity index (χ0) is 18.4. The van der Waals surface area contributed by atoms with E-state index in [1.807, 2.05) is 0 Å². The van der Waals surface area contributed by atoms with E-state index < -0.39 is 11.7 Å². The van der Waals surface area contributed by atoms with Crippen LogP contribution in [0.5, 0.6) is 0 Å².